The van der Waals surface area contributed by atoms with Crippen molar-refractivity contribution in [3.63, 3.8) is 0 Å². The molecule has 0 bridgehead atoms. The molecule has 0 aromatic rings. The van der Waals surface area contributed by atoms with Gasteiger partial charge < -0.3 is 0 Å². The van der Waals surface area contributed by atoms with Gasteiger partial charge in [0, 0.05) is 0 Å². The maximum Gasteiger partial charge on any atom is -0.0236 e. The number of hydrogen-bond acceptors (Lipinski definition) is 0. The van der Waals surface area contributed by atoms with Crippen LogP contribution in [0.1, 0.15) is 48.0 Å². The van der Waals surface area contributed by atoms with Gasteiger partial charge in [-0.3, -0.25) is 0 Å². The zero-order chi connectivity index (χ0) is 11.3. The number of allylic oxidation sites excluding steroid dienone is 1. The molecule has 4 atom stereocenters. The summed E-state index contributed by atoms with van der Waals surface area (Å²) in [4.78, 5) is 0. The van der Waals surface area contributed by atoms with Crippen LogP contribution in [0.5, 0.6) is 0 Å². The van der Waals surface area contributed by atoms with E-state index in [0.29, 0.717) is 5.92 Å². The molecule has 4 unspecified atom stereocenters. The summed E-state index contributed by atoms with van der Waals surface area (Å²) in [6, 6.07) is 0. The molecule has 0 aromatic carbocycles. The van der Waals surface area contributed by atoms with Crippen molar-refractivity contribution in [3.8, 4) is 0 Å². The van der Waals surface area contributed by atoms with Gasteiger partial charge in [0.05, 0.1) is 0 Å². The van der Waals surface area contributed by atoms with Crippen molar-refractivity contribution in [1.82, 2.24) is 0 Å². The molecule has 0 aromatic heterocycles. The molecule has 0 aliphatic carbocycles. The van der Waals surface area contributed by atoms with Crippen molar-refractivity contribution >= 4 is 0 Å². The molecule has 0 nitrogen and oxygen atoms in total. The van der Waals surface area contributed by atoms with Crippen molar-refractivity contribution in [3.05, 3.63) is 12.7 Å². The molecule has 0 heteroatoms. The van der Waals surface area contributed by atoms with Gasteiger partial charge >= 0.3 is 0 Å². The van der Waals surface area contributed by atoms with E-state index in [4.69, 9.17) is 0 Å². The fraction of sp³-hybridized carbons (Fsp3) is 0.857. The highest BCUT2D eigenvalue weighted by Crippen LogP contribution is 2.30. The normalized spacial score (nSPS) is 20.2. The fourth-order valence-electron chi connectivity index (χ4n) is 2.17. The summed E-state index contributed by atoms with van der Waals surface area (Å²) in [6.07, 6.45) is 3.43. The topological polar surface area (TPSA) is 0 Å². The number of hydrogen-bond donors (Lipinski definition) is 0. The molecule has 0 heterocycles. The van der Waals surface area contributed by atoms with E-state index >= 15 is 0 Å². The van der Waals surface area contributed by atoms with E-state index in [1.165, 1.54) is 6.42 Å². The molecule has 0 radical (unpaired) electrons. The molecule has 0 N–H and O–H groups in total. The maximum atomic E-state index is 3.88. The lowest BCUT2D eigenvalue weighted by atomic mass is 9.76. The van der Waals surface area contributed by atoms with Gasteiger partial charge in [-0.1, -0.05) is 47.6 Å². The summed E-state index contributed by atoms with van der Waals surface area (Å²) in [5.74, 6) is 3.83. The Hall–Kier alpha value is -0.260. The van der Waals surface area contributed by atoms with Crippen LogP contribution >= 0.6 is 0 Å². The van der Waals surface area contributed by atoms with Crippen molar-refractivity contribution in [2.75, 3.05) is 0 Å². The lowest BCUT2D eigenvalue weighted by Gasteiger charge is -2.30. The van der Waals surface area contributed by atoms with E-state index in [-0.39, 0.29) is 0 Å². The van der Waals surface area contributed by atoms with Gasteiger partial charge in [-0.25, -0.2) is 0 Å². The van der Waals surface area contributed by atoms with Crippen molar-refractivity contribution in [2.45, 2.75) is 48.0 Å². The molecule has 0 fully saturated rings. The second-order valence-corrected chi connectivity index (χ2v) is 5.42. The average molecular weight is 196 g/mol. The molecule has 0 saturated carbocycles. The first-order chi connectivity index (χ1) is 6.40. The van der Waals surface area contributed by atoms with Crippen LogP contribution in [0, 0.1) is 29.6 Å². The van der Waals surface area contributed by atoms with Gasteiger partial charge in [0.1, 0.15) is 0 Å². The highest BCUT2D eigenvalue weighted by atomic mass is 14.3. The van der Waals surface area contributed by atoms with E-state index in [1.54, 1.807) is 0 Å². The third kappa shape index (κ3) is 4.30. The van der Waals surface area contributed by atoms with Crippen LogP contribution in [-0.2, 0) is 0 Å². The van der Waals surface area contributed by atoms with Crippen LogP contribution in [-0.4, -0.2) is 0 Å². The monoisotopic (exact) mass is 196 g/mol. The van der Waals surface area contributed by atoms with Gasteiger partial charge in [-0.15, -0.1) is 6.58 Å². The number of rotatable bonds is 6. The van der Waals surface area contributed by atoms with Crippen LogP contribution < -0.4 is 0 Å². The SMILES string of the molecule is C=CC(C)C(C)C(C)C(C)CC(C)C. The van der Waals surface area contributed by atoms with Crippen molar-refractivity contribution in [1.29, 1.82) is 0 Å². The first-order valence-corrected chi connectivity index (χ1v) is 6.02. The van der Waals surface area contributed by atoms with E-state index in [9.17, 15) is 0 Å². The Morgan fingerprint density at radius 3 is 1.79 bits per heavy atom. The van der Waals surface area contributed by atoms with Gasteiger partial charge in [-0.05, 0) is 36.0 Å². The Labute approximate surface area is 90.8 Å². The third-order valence-electron chi connectivity index (χ3n) is 3.77. The standard InChI is InChI=1S/C14H28/c1-8-11(4)13(6)14(7)12(5)9-10(2)3/h8,10-14H,1,9H2,2-7H3. The second-order valence-electron chi connectivity index (χ2n) is 5.42. The Kier molecular flexibility index (Phi) is 6.15. The molecule has 14 heavy (non-hydrogen) atoms. The van der Waals surface area contributed by atoms with Crippen LogP contribution in [0.4, 0.5) is 0 Å². The smallest absolute Gasteiger partial charge is 0.0236 e. The minimum atomic E-state index is 0.639. The van der Waals surface area contributed by atoms with Crippen LogP contribution in [0.3, 0.4) is 0 Å². The highest BCUT2D eigenvalue weighted by molar-refractivity contribution is 4.83. The average Bonchev–Trinajstić information content (AvgIpc) is 2.13. The largest absolute Gasteiger partial charge is 0.103 e. The quantitative estimate of drug-likeness (QED) is 0.537. The summed E-state index contributed by atoms with van der Waals surface area (Å²) in [7, 11) is 0. The molecule has 0 aliphatic heterocycles. The first-order valence-electron chi connectivity index (χ1n) is 6.02. The molecule has 84 valence electrons. The molecule has 0 amide bonds. The summed E-state index contributed by atoms with van der Waals surface area (Å²) in [6.45, 7) is 17.9. The molecule has 0 saturated heterocycles. The molecular weight excluding hydrogens is 168 g/mol. The summed E-state index contributed by atoms with van der Waals surface area (Å²) < 4.78 is 0. The molecule has 0 spiro atoms. The Morgan fingerprint density at radius 1 is 0.929 bits per heavy atom. The molecule has 0 rings (SSSR count). The van der Waals surface area contributed by atoms with Crippen LogP contribution in [0.15, 0.2) is 12.7 Å². The van der Waals surface area contributed by atoms with E-state index in [0.717, 1.165) is 23.7 Å². The fourth-order valence-corrected chi connectivity index (χ4v) is 2.17. The third-order valence-corrected chi connectivity index (χ3v) is 3.77. The summed E-state index contributed by atoms with van der Waals surface area (Å²) in [5.41, 5.74) is 0. The second kappa shape index (κ2) is 6.27. The maximum absolute atomic E-state index is 3.88. The lowest BCUT2D eigenvalue weighted by Crippen LogP contribution is -2.22. The minimum absolute atomic E-state index is 0.639. The van der Waals surface area contributed by atoms with Gasteiger partial charge in [-0.2, -0.15) is 0 Å². The van der Waals surface area contributed by atoms with Crippen LogP contribution in [0.25, 0.3) is 0 Å². The first kappa shape index (κ1) is 13.7. The van der Waals surface area contributed by atoms with Crippen LogP contribution in [0.2, 0.25) is 0 Å². The zero-order valence-corrected chi connectivity index (χ0v) is 10.9. The predicted octanol–water partition coefficient (Wildman–Crippen LogP) is 4.76. The molecular formula is C14H28. The molecule has 0 aliphatic rings. The highest BCUT2D eigenvalue weighted by Gasteiger charge is 2.22. The van der Waals surface area contributed by atoms with E-state index in [2.05, 4.69) is 54.2 Å². The Morgan fingerprint density at radius 2 is 1.43 bits per heavy atom. The van der Waals surface area contributed by atoms with Gasteiger partial charge in [0.15, 0.2) is 0 Å². The van der Waals surface area contributed by atoms with Gasteiger partial charge in [0.25, 0.3) is 0 Å². The van der Waals surface area contributed by atoms with Gasteiger partial charge in [0.2, 0.25) is 0 Å². The predicted molar refractivity (Wildman–Crippen MR) is 66.3 cm³/mol. The summed E-state index contributed by atoms with van der Waals surface area (Å²) in [5, 5.41) is 0. The Bertz CT molecular complexity index is 157. The van der Waals surface area contributed by atoms with E-state index in [1.807, 2.05) is 0 Å². The lowest BCUT2D eigenvalue weighted by molar-refractivity contribution is 0.213. The zero-order valence-electron chi connectivity index (χ0n) is 10.9. The Balaban J connectivity index is 4.15. The van der Waals surface area contributed by atoms with E-state index < -0.39 is 0 Å². The van der Waals surface area contributed by atoms with Crippen molar-refractivity contribution < 1.29 is 0 Å². The summed E-state index contributed by atoms with van der Waals surface area (Å²) >= 11 is 0. The van der Waals surface area contributed by atoms with Crippen molar-refractivity contribution in [2.24, 2.45) is 29.6 Å². The minimum Gasteiger partial charge on any atom is -0.103 e.